The van der Waals surface area contributed by atoms with Gasteiger partial charge in [0.1, 0.15) is 0 Å². The quantitative estimate of drug-likeness (QED) is 0.408. The fourth-order valence-electron chi connectivity index (χ4n) is 2.76. The zero-order valence-corrected chi connectivity index (χ0v) is 18.5. The number of nitrogens with one attached hydrogen (secondary N) is 2. The second-order valence-electron chi connectivity index (χ2n) is 6.65. The Balaban J connectivity index is 1.58. The molecule has 0 aliphatic heterocycles. The Bertz CT molecular complexity index is 1020. The van der Waals surface area contributed by atoms with Gasteiger partial charge in [-0.3, -0.25) is 9.59 Å². The van der Waals surface area contributed by atoms with Crippen LogP contribution in [0.4, 0.5) is 11.4 Å². The Hall–Kier alpha value is -2.47. The monoisotopic (exact) mass is 458 g/mol. The van der Waals surface area contributed by atoms with Crippen LogP contribution in [0.1, 0.15) is 12.5 Å². The molecular formula is C23H20Cl2N2O2S. The van der Waals surface area contributed by atoms with Gasteiger partial charge in [0.15, 0.2) is 0 Å². The number of rotatable bonds is 7. The van der Waals surface area contributed by atoms with Crippen molar-refractivity contribution in [1.82, 2.24) is 0 Å². The summed E-state index contributed by atoms with van der Waals surface area (Å²) in [5.41, 5.74) is 2.19. The Morgan fingerprint density at radius 2 is 1.57 bits per heavy atom. The predicted molar refractivity (Wildman–Crippen MR) is 126 cm³/mol. The molecule has 0 aliphatic rings. The SMILES string of the molecule is CC(Sc1cccc(NC(=O)Cc2ccccc2)c1)C(=O)Nc1cc(Cl)cc(Cl)c1. The highest BCUT2D eigenvalue weighted by Crippen LogP contribution is 2.28. The van der Waals surface area contributed by atoms with Gasteiger partial charge in [0.05, 0.1) is 11.7 Å². The van der Waals surface area contributed by atoms with Gasteiger partial charge in [-0.15, -0.1) is 11.8 Å². The van der Waals surface area contributed by atoms with E-state index in [2.05, 4.69) is 10.6 Å². The number of amides is 2. The first-order valence-electron chi connectivity index (χ1n) is 9.26. The Morgan fingerprint density at radius 1 is 0.867 bits per heavy atom. The molecule has 3 aromatic rings. The summed E-state index contributed by atoms with van der Waals surface area (Å²) in [5, 5.41) is 6.27. The predicted octanol–water partition coefficient (Wildman–Crippen LogP) is 6.29. The summed E-state index contributed by atoms with van der Waals surface area (Å²) < 4.78 is 0. The lowest BCUT2D eigenvalue weighted by atomic mass is 10.1. The number of hydrogen-bond acceptors (Lipinski definition) is 3. The molecule has 3 aromatic carbocycles. The fraction of sp³-hybridized carbons (Fsp3) is 0.130. The molecule has 154 valence electrons. The molecule has 0 spiro atoms. The Morgan fingerprint density at radius 3 is 2.27 bits per heavy atom. The summed E-state index contributed by atoms with van der Waals surface area (Å²) in [5.74, 6) is -0.260. The molecule has 0 heterocycles. The van der Waals surface area contributed by atoms with E-state index in [0.29, 0.717) is 27.8 Å². The van der Waals surface area contributed by atoms with E-state index in [0.717, 1.165) is 10.5 Å². The Kier molecular flexibility index (Phi) is 7.80. The van der Waals surface area contributed by atoms with Crippen LogP contribution in [0.15, 0.2) is 77.7 Å². The fourth-order valence-corrected chi connectivity index (χ4v) is 4.21. The normalized spacial score (nSPS) is 11.6. The zero-order valence-electron chi connectivity index (χ0n) is 16.2. The molecule has 4 nitrogen and oxygen atoms in total. The molecule has 0 bridgehead atoms. The molecule has 0 saturated heterocycles. The summed E-state index contributed by atoms with van der Waals surface area (Å²) in [4.78, 5) is 25.7. The first-order valence-corrected chi connectivity index (χ1v) is 10.9. The van der Waals surface area contributed by atoms with E-state index < -0.39 is 0 Å². The minimum absolute atomic E-state index is 0.0908. The summed E-state index contributed by atoms with van der Waals surface area (Å²) in [6, 6.07) is 21.9. The highest BCUT2D eigenvalue weighted by atomic mass is 35.5. The van der Waals surface area contributed by atoms with Crippen molar-refractivity contribution in [2.75, 3.05) is 10.6 Å². The van der Waals surface area contributed by atoms with Crippen molar-refractivity contribution in [3.8, 4) is 0 Å². The minimum atomic E-state index is -0.363. The minimum Gasteiger partial charge on any atom is -0.326 e. The molecule has 2 N–H and O–H groups in total. The lowest BCUT2D eigenvalue weighted by Crippen LogP contribution is -2.22. The number of benzene rings is 3. The van der Waals surface area contributed by atoms with Gasteiger partial charge in [-0.25, -0.2) is 0 Å². The van der Waals surface area contributed by atoms with Crippen LogP contribution in [0.3, 0.4) is 0 Å². The van der Waals surface area contributed by atoms with Crippen molar-refractivity contribution >= 4 is 58.2 Å². The molecule has 1 atom stereocenters. The van der Waals surface area contributed by atoms with Crippen LogP contribution in [0.25, 0.3) is 0 Å². The molecule has 0 fully saturated rings. The summed E-state index contributed by atoms with van der Waals surface area (Å²) >= 11 is 13.4. The van der Waals surface area contributed by atoms with E-state index in [1.807, 2.05) is 61.5 Å². The smallest absolute Gasteiger partial charge is 0.237 e. The highest BCUT2D eigenvalue weighted by Gasteiger charge is 2.15. The van der Waals surface area contributed by atoms with Crippen molar-refractivity contribution in [3.63, 3.8) is 0 Å². The van der Waals surface area contributed by atoms with Gasteiger partial charge in [0, 0.05) is 26.3 Å². The molecule has 30 heavy (non-hydrogen) atoms. The van der Waals surface area contributed by atoms with Crippen LogP contribution in [0.5, 0.6) is 0 Å². The van der Waals surface area contributed by atoms with E-state index >= 15 is 0 Å². The second kappa shape index (κ2) is 10.5. The van der Waals surface area contributed by atoms with Crippen molar-refractivity contribution < 1.29 is 9.59 Å². The zero-order chi connectivity index (χ0) is 21.5. The first-order chi connectivity index (χ1) is 14.4. The third kappa shape index (κ3) is 6.80. The molecule has 2 amide bonds. The first kappa shape index (κ1) is 22.2. The molecule has 1 unspecified atom stereocenters. The lowest BCUT2D eigenvalue weighted by Gasteiger charge is -2.13. The maximum atomic E-state index is 12.5. The molecule has 0 radical (unpaired) electrons. The maximum Gasteiger partial charge on any atom is 0.237 e. The van der Waals surface area contributed by atoms with E-state index in [1.54, 1.807) is 18.2 Å². The maximum absolute atomic E-state index is 12.5. The van der Waals surface area contributed by atoms with Crippen LogP contribution >= 0.6 is 35.0 Å². The number of anilines is 2. The number of thioether (sulfide) groups is 1. The number of hydrogen-bond donors (Lipinski definition) is 2. The standard InChI is InChI=1S/C23H20Cl2N2O2S/c1-15(23(29)27-20-12-17(24)11-18(25)13-20)30-21-9-5-8-19(14-21)26-22(28)10-16-6-3-2-4-7-16/h2-9,11-15H,10H2,1H3,(H,26,28)(H,27,29). The van der Waals surface area contributed by atoms with Crippen molar-refractivity contribution in [1.29, 1.82) is 0 Å². The molecule has 0 saturated carbocycles. The lowest BCUT2D eigenvalue weighted by molar-refractivity contribution is -0.116. The van der Waals surface area contributed by atoms with Crippen LogP contribution in [0.2, 0.25) is 10.0 Å². The average molecular weight is 459 g/mol. The third-order valence-corrected chi connectivity index (χ3v) is 5.67. The average Bonchev–Trinajstić information content (AvgIpc) is 2.68. The van der Waals surface area contributed by atoms with E-state index in [9.17, 15) is 9.59 Å². The highest BCUT2D eigenvalue weighted by molar-refractivity contribution is 8.00. The van der Waals surface area contributed by atoms with Gasteiger partial charge in [0.2, 0.25) is 11.8 Å². The van der Waals surface area contributed by atoms with Crippen molar-refractivity contribution in [2.24, 2.45) is 0 Å². The third-order valence-electron chi connectivity index (χ3n) is 4.14. The van der Waals surface area contributed by atoms with Gasteiger partial charge in [-0.2, -0.15) is 0 Å². The van der Waals surface area contributed by atoms with Crippen LogP contribution in [-0.4, -0.2) is 17.1 Å². The van der Waals surface area contributed by atoms with Crippen LogP contribution in [0, 0.1) is 0 Å². The van der Waals surface area contributed by atoms with Gasteiger partial charge in [-0.05, 0) is 48.9 Å². The number of carbonyl (C=O) groups is 2. The summed E-state index contributed by atoms with van der Waals surface area (Å²) in [7, 11) is 0. The van der Waals surface area contributed by atoms with Crippen molar-refractivity contribution in [3.05, 3.63) is 88.4 Å². The molecule has 0 aromatic heterocycles. The second-order valence-corrected chi connectivity index (χ2v) is 8.93. The van der Waals surface area contributed by atoms with E-state index in [1.165, 1.54) is 11.8 Å². The van der Waals surface area contributed by atoms with Crippen LogP contribution < -0.4 is 10.6 Å². The molecule has 7 heteroatoms. The van der Waals surface area contributed by atoms with Gasteiger partial charge in [-0.1, -0.05) is 59.6 Å². The molecular weight excluding hydrogens is 439 g/mol. The number of carbonyl (C=O) groups excluding carboxylic acids is 2. The van der Waals surface area contributed by atoms with E-state index in [-0.39, 0.29) is 17.1 Å². The largest absolute Gasteiger partial charge is 0.326 e. The Labute approximate surface area is 190 Å². The molecule has 0 aliphatic carbocycles. The van der Waals surface area contributed by atoms with Crippen LogP contribution in [-0.2, 0) is 16.0 Å². The van der Waals surface area contributed by atoms with E-state index in [4.69, 9.17) is 23.2 Å². The van der Waals surface area contributed by atoms with Gasteiger partial charge < -0.3 is 10.6 Å². The molecule has 3 rings (SSSR count). The topological polar surface area (TPSA) is 58.2 Å². The van der Waals surface area contributed by atoms with Crippen molar-refractivity contribution in [2.45, 2.75) is 23.5 Å². The van der Waals surface area contributed by atoms with Gasteiger partial charge in [0.25, 0.3) is 0 Å². The number of halogens is 2. The summed E-state index contributed by atoms with van der Waals surface area (Å²) in [6.07, 6.45) is 0.305. The van der Waals surface area contributed by atoms with Gasteiger partial charge >= 0.3 is 0 Å². The summed E-state index contributed by atoms with van der Waals surface area (Å²) in [6.45, 7) is 1.81.